The lowest BCUT2D eigenvalue weighted by Crippen LogP contribution is -2.04. The van der Waals surface area contributed by atoms with E-state index in [2.05, 4.69) is 0 Å². The summed E-state index contributed by atoms with van der Waals surface area (Å²) >= 11 is 0. The fourth-order valence-corrected chi connectivity index (χ4v) is 2.25. The van der Waals surface area contributed by atoms with E-state index in [1.165, 1.54) is 0 Å². The van der Waals surface area contributed by atoms with Gasteiger partial charge in [-0.3, -0.25) is 0 Å². The van der Waals surface area contributed by atoms with Gasteiger partial charge in [0, 0.05) is 10.5 Å². The molecule has 10 heavy (non-hydrogen) atoms. The molecule has 0 saturated carbocycles. The third kappa shape index (κ3) is 5.41. The van der Waals surface area contributed by atoms with Gasteiger partial charge in [-0.15, -0.1) is 0 Å². The lowest BCUT2D eigenvalue weighted by molar-refractivity contribution is 0.299. The zero-order chi connectivity index (χ0) is 7.98. The molecule has 0 amide bonds. The number of rotatable bonds is 5. The van der Waals surface area contributed by atoms with Crippen molar-refractivity contribution < 1.29 is 10.2 Å². The van der Waals surface area contributed by atoms with Crippen molar-refractivity contribution >= 4 is 21.6 Å². The second-order valence-corrected chi connectivity index (χ2v) is 5.33. The first kappa shape index (κ1) is 10.6. The molecule has 0 aromatic carbocycles. The van der Waals surface area contributed by atoms with Crippen LogP contribution < -0.4 is 0 Å². The van der Waals surface area contributed by atoms with E-state index in [0.29, 0.717) is 0 Å². The molecule has 0 aliphatic carbocycles. The van der Waals surface area contributed by atoms with Crippen LogP contribution in [0.3, 0.4) is 0 Å². The van der Waals surface area contributed by atoms with E-state index in [0.717, 1.165) is 0 Å². The van der Waals surface area contributed by atoms with Crippen LogP contribution in [0.4, 0.5) is 0 Å². The first-order valence-electron chi connectivity index (χ1n) is 3.24. The van der Waals surface area contributed by atoms with E-state index >= 15 is 0 Å². The summed E-state index contributed by atoms with van der Waals surface area (Å²) in [5, 5.41) is 17.8. The smallest absolute Gasteiger partial charge is 0.0555 e. The molecule has 0 bridgehead atoms. The molecular weight excluding hydrogens is 168 g/mol. The molecule has 0 rings (SSSR count). The highest BCUT2D eigenvalue weighted by molar-refractivity contribution is 8.77. The number of aliphatic hydroxyl groups excluding tert-OH is 2. The van der Waals surface area contributed by atoms with Crippen LogP contribution in [-0.4, -0.2) is 33.9 Å². The Morgan fingerprint density at radius 3 is 1.50 bits per heavy atom. The van der Waals surface area contributed by atoms with Gasteiger partial charge in [-0.05, 0) is 0 Å². The Balaban J connectivity index is 3.17. The standard InChI is InChI=1S/C6H14O2S2/c1-5(3-7)9-10-6(2)4-8/h5-8H,3-4H2,1-2H3. The van der Waals surface area contributed by atoms with Crippen LogP contribution in [-0.2, 0) is 0 Å². The van der Waals surface area contributed by atoms with Crippen molar-refractivity contribution in [3.05, 3.63) is 0 Å². The molecule has 0 saturated heterocycles. The predicted molar refractivity (Wildman–Crippen MR) is 48.3 cm³/mol. The third-order valence-corrected chi connectivity index (χ3v) is 4.27. The van der Waals surface area contributed by atoms with E-state index in [9.17, 15) is 0 Å². The first-order chi connectivity index (χ1) is 4.70. The van der Waals surface area contributed by atoms with Crippen LogP contribution in [0.5, 0.6) is 0 Å². The molecule has 0 aliphatic heterocycles. The topological polar surface area (TPSA) is 40.5 Å². The van der Waals surface area contributed by atoms with E-state index in [1.54, 1.807) is 21.6 Å². The van der Waals surface area contributed by atoms with Crippen LogP contribution >= 0.6 is 21.6 Å². The normalized spacial score (nSPS) is 16.8. The minimum atomic E-state index is 0.204. The summed E-state index contributed by atoms with van der Waals surface area (Å²) in [5.74, 6) is 0. The van der Waals surface area contributed by atoms with Crippen molar-refractivity contribution in [3.63, 3.8) is 0 Å². The fourth-order valence-electron chi connectivity index (χ4n) is 0.251. The summed E-state index contributed by atoms with van der Waals surface area (Å²) in [7, 11) is 3.23. The van der Waals surface area contributed by atoms with Gasteiger partial charge in [0.2, 0.25) is 0 Å². The molecule has 0 aromatic heterocycles. The molecule has 2 unspecified atom stereocenters. The molecule has 2 nitrogen and oxygen atoms in total. The molecule has 0 spiro atoms. The molecule has 0 fully saturated rings. The fraction of sp³-hybridized carbons (Fsp3) is 1.00. The van der Waals surface area contributed by atoms with Crippen LogP contribution in [0.25, 0.3) is 0 Å². The first-order valence-corrected chi connectivity index (χ1v) is 5.52. The highest BCUT2D eigenvalue weighted by atomic mass is 33.1. The molecule has 2 atom stereocenters. The second-order valence-electron chi connectivity index (χ2n) is 2.18. The summed E-state index contributed by atoms with van der Waals surface area (Å²) in [4.78, 5) is 0. The number of hydrogen-bond acceptors (Lipinski definition) is 4. The van der Waals surface area contributed by atoms with Gasteiger partial charge in [0.25, 0.3) is 0 Å². The Kier molecular flexibility index (Phi) is 6.73. The molecule has 4 heteroatoms. The largest absolute Gasteiger partial charge is 0.395 e. The van der Waals surface area contributed by atoms with Crippen LogP contribution in [0, 0.1) is 0 Å². The molecule has 2 N–H and O–H groups in total. The van der Waals surface area contributed by atoms with Gasteiger partial charge >= 0.3 is 0 Å². The van der Waals surface area contributed by atoms with E-state index < -0.39 is 0 Å². The molecule has 0 aliphatic rings. The van der Waals surface area contributed by atoms with Gasteiger partial charge in [0.15, 0.2) is 0 Å². The number of hydrogen-bond donors (Lipinski definition) is 2. The maximum absolute atomic E-state index is 8.62. The van der Waals surface area contributed by atoms with E-state index in [-0.39, 0.29) is 23.7 Å². The van der Waals surface area contributed by atoms with Gasteiger partial charge in [0.05, 0.1) is 13.2 Å². The van der Waals surface area contributed by atoms with E-state index in [4.69, 9.17) is 10.2 Å². The quantitative estimate of drug-likeness (QED) is 0.625. The molecular formula is C6H14O2S2. The zero-order valence-corrected chi connectivity index (χ0v) is 7.91. The summed E-state index contributed by atoms with van der Waals surface area (Å²) < 4.78 is 0. The molecule has 0 heterocycles. The van der Waals surface area contributed by atoms with Crippen LogP contribution in [0.15, 0.2) is 0 Å². The SMILES string of the molecule is CC(CO)SSC(C)CO. The molecule has 0 radical (unpaired) electrons. The van der Waals surface area contributed by atoms with E-state index in [1.807, 2.05) is 13.8 Å². The monoisotopic (exact) mass is 182 g/mol. The maximum atomic E-state index is 8.62. The van der Waals surface area contributed by atoms with Crippen LogP contribution in [0.1, 0.15) is 13.8 Å². The Morgan fingerprint density at radius 1 is 1.00 bits per heavy atom. The minimum absolute atomic E-state index is 0.204. The van der Waals surface area contributed by atoms with Gasteiger partial charge in [-0.25, -0.2) is 0 Å². The zero-order valence-electron chi connectivity index (χ0n) is 6.28. The Morgan fingerprint density at radius 2 is 1.30 bits per heavy atom. The molecule has 62 valence electrons. The van der Waals surface area contributed by atoms with Gasteiger partial charge < -0.3 is 10.2 Å². The second kappa shape index (κ2) is 6.34. The van der Waals surface area contributed by atoms with Gasteiger partial charge in [-0.2, -0.15) is 0 Å². The van der Waals surface area contributed by atoms with Gasteiger partial charge in [-0.1, -0.05) is 35.4 Å². The van der Waals surface area contributed by atoms with Crippen molar-refractivity contribution in [2.75, 3.05) is 13.2 Å². The van der Waals surface area contributed by atoms with Crippen LogP contribution in [0.2, 0.25) is 0 Å². The summed E-state index contributed by atoms with van der Waals surface area (Å²) in [6, 6.07) is 0. The maximum Gasteiger partial charge on any atom is 0.0555 e. The summed E-state index contributed by atoms with van der Waals surface area (Å²) in [5.41, 5.74) is 0. The highest BCUT2D eigenvalue weighted by Crippen LogP contribution is 2.30. The lowest BCUT2D eigenvalue weighted by Gasteiger charge is -2.09. The van der Waals surface area contributed by atoms with Crippen molar-refractivity contribution in [1.29, 1.82) is 0 Å². The summed E-state index contributed by atoms with van der Waals surface area (Å²) in [6.45, 7) is 4.33. The van der Waals surface area contributed by atoms with Crippen molar-refractivity contribution in [2.45, 2.75) is 24.3 Å². The highest BCUT2D eigenvalue weighted by Gasteiger charge is 2.04. The Labute approximate surface area is 69.8 Å². The third-order valence-electron chi connectivity index (χ3n) is 0.898. The Hall–Kier alpha value is 0.620. The minimum Gasteiger partial charge on any atom is -0.395 e. The predicted octanol–water partition coefficient (Wildman–Crippen LogP) is 1.13. The number of aliphatic hydroxyl groups is 2. The van der Waals surface area contributed by atoms with Gasteiger partial charge in [0.1, 0.15) is 0 Å². The average molecular weight is 182 g/mol. The molecule has 0 aromatic rings. The lowest BCUT2D eigenvalue weighted by atomic mass is 10.5. The van der Waals surface area contributed by atoms with Crippen molar-refractivity contribution in [2.24, 2.45) is 0 Å². The Bertz CT molecular complexity index is 70.1. The van der Waals surface area contributed by atoms with Crippen molar-refractivity contribution in [1.82, 2.24) is 0 Å². The summed E-state index contributed by atoms with van der Waals surface area (Å²) in [6.07, 6.45) is 0. The average Bonchev–Trinajstić information content (AvgIpc) is 1.99. The van der Waals surface area contributed by atoms with Crippen molar-refractivity contribution in [3.8, 4) is 0 Å².